The third-order valence-corrected chi connectivity index (χ3v) is 6.34. The highest BCUT2D eigenvalue weighted by Gasteiger charge is 2.38. The summed E-state index contributed by atoms with van der Waals surface area (Å²) in [5, 5.41) is 18.7. The first-order chi connectivity index (χ1) is 13.5. The molecule has 28 heavy (non-hydrogen) atoms. The summed E-state index contributed by atoms with van der Waals surface area (Å²) in [7, 11) is 0. The number of phenolic OH excluding ortho intramolecular Hbond substituents is 1. The molecular weight excluding hydrogens is 508 g/mol. The fourth-order valence-electron chi connectivity index (χ4n) is 3.06. The van der Waals surface area contributed by atoms with E-state index < -0.39 is 6.17 Å². The topological polar surface area (TPSA) is 81.9 Å². The van der Waals surface area contributed by atoms with Gasteiger partial charge in [-0.15, -0.1) is 6.58 Å². The van der Waals surface area contributed by atoms with E-state index in [4.69, 9.17) is 0 Å². The fraction of sp³-hybridized carbons (Fsp3) is 0.105. The maximum absolute atomic E-state index is 12.9. The van der Waals surface area contributed by atoms with Crippen LogP contribution in [-0.2, 0) is 0 Å². The number of nitrogens with one attached hydrogen (secondary N) is 2. The molecule has 3 N–H and O–H groups in total. The van der Waals surface area contributed by atoms with Crippen molar-refractivity contribution in [2.45, 2.75) is 11.3 Å². The standard InChI is InChI=1S/C19H14Br2N4O2S/c1-2-7-28-19-23-18(27)15-11-5-3-4-6-14(11)22-17(25(15)24-19)10-8-12(20)16(26)13(21)9-10/h2-6,8-9,17H,1,7H2,(H2,23,24,26,27)/p+1/t17-/m0/s1. The molecule has 142 valence electrons. The van der Waals surface area contributed by atoms with Gasteiger partial charge in [-0.05, 0) is 60.8 Å². The second-order valence-corrected chi connectivity index (χ2v) is 8.80. The minimum atomic E-state index is -0.427. The van der Waals surface area contributed by atoms with Gasteiger partial charge in [0, 0.05) is 16.4 Å². The van der Waals surface area contributed by atoms with Crippen molar-refractivity contribution in [3.63, 3.8) is 0 Å². The molecule has 2 aromatic carbocycles. The first-order valence-corrected chi connectivity index (χ1v) is 10.9. The van der Waals surface area contributed by atoms with Crippen molar-refractivity contribution in [1.82, 2.24) is 10.1 Å². The first kappa shape index (κ1) is 19.2. The van der Waals surface area contributed by atoms with E-state index in [1.165, 1.54) is 11.8 Å². The summed E-state index contributed by atoms with van der Waals surface area (Å²) in [6.45, 7) is 3.71. The third kappa shape index (κ3) is 3.38. The van der Waals surface area contributed by atoms with Crippen LogP contribution in [0.3, 0.4) is 0 Å². The van der Waals surface area contributed by atoms with Crippen LogP contribution >= 0.6 is 43.6 Å². The number of aromatic amines is 1. The molecule has 1 atom stereocenters. The van der Waals surface area contributed by atoms with Crippen molar-refractivity contribution < 1.29 is 9.79 Å². The monoisotopic (exact) mass is 521 g/mol. The lowest BCUT2D eigenvalue weighted by Crippen LogP contribution is -2.55. The molecule has 2 heterocycles. The van der Waals surface area contributed by atoms with Gasteiger partial charge in [0.1, 0.15) is 5.75 Å². The van der Waals surface area contributed by atoms with Crippen molar-refractivity contribution in [1.29, 1.82) is 0 Å². The normalized spacial score (nSPS) is 14.7. The highest BCUT2D eigenvalue weighted by molar-refractivity contribution is 9.11. The van der Waals surface area contributed by atoms with Gasteiger partial charge in [-0.2, -0.15) is 0 Å². The van der Waals surface area contributed by atoms with Gasteiger partial charge in [0.25, 0.3) is 6.17 Å². The molecule has 0 spiro atoms. The Kier molecular flexibility index (Phi) is 5.31. The molecule has 1 aromatic heterocycles. The lowest BCUT2D eigenvalue weighted by Gasteiger charge is -2.22. The number of benzene rings is 2. The molecule has 0 unspecified atom stereocenters. The molecule has 1 aliphatic rings. The van der Waals surface area contributed by atoms with Crippen LogP contribution in [-0.4, -0.2) is 20.9 Å². The van der Waals surface area contributed by atoms with E-state index in [1.807, 2.05) is 36.4 Å². The molecule has 0 saturated heterocycles. The van der Waals surface area contributed by atoms with Gasteiger partial charge >= 0.3 is 11.3 Å². The van der Waals surface area contributed by atoms with E-state index in [2.05, 4.69) is 53.8 Å². The average Bonchev–Trinajstić information content (AvgIpc) is 2.69. The van der Waals surface area contributed by atoms with Crippen LogP contribution in [0.15, 0.2) is 67.9 Å². The Labute approximate surface area is 182 Å². The number of para-hydroxylation sites is 1. The molecule has 4 rings (SSSR count). The van der Waals surface area contributed by atoms with Crippen molar-refractivity contribution in [2.75, 3.05) is 11.1 Å². The van der Waals surface area contributed by atoms with Gasteiger partial charge in [-0.25, -0.2) is 0 Å². The summed E-state index contributed by atoms with van der Waals surface area (Å²) in [6, 6.07) is 11.2. The lowest BCUT2D eigenvalue weighted by atomic mass is 10.0. The lowest BCUT2D eigenvalue weighted by molar-refractivity contribution is -0.759. The molecule has 0 amide bonds. The number of H-pyrrole nitrogens is 1. The van der Waals surface area contributed by atoms with Crippen LogP contribution in [0, 0.1) is 0 Å². The Balaban J connectivity index is 1.95. The molecule has 0 bridgehead atoms. The fourth-order valence-corrected chi connectivity index (χ4v) is 4.87. The summed E-state index contributed by atoms with van der Waals surface area (Å²) in [6.07, 6.45) is 1.33. The molecule has 0 fully saturated rings. The maximum Gasteiger partial charge on any atom is 0.325 e. The predicted octanol–water partition coefficient (Wildman–Crippen LogP) is 4.21. The number of nitrogens with zero attached hydrogens (tertiary/aromatic N) is 2. The predicted molar refractivity (Wildman–Crippen MR) is 117 cm³/mol. The number of thioether (sulfide) groups is 1. The SMILES string of the molecule is C=CCSc1n[n+]2c(c(=O)[nH]1)-c1ccccc1N[C@@H]2c1cc(Br)c(O)c(Br)c1. The number of aromatic nitrogens is 3. The van der Waals surface area contributed by atoms with Crippen LogP contribution in [0.5, 0.6) is 5.75 Å². The number of rotatable bonds is 4. The summed E-state index contributed by atoms with van der Waals surface area (Å²) in [5.74, 6) is 0.749. The first-order valence-electron chi connectivity index (χ1n) is 8.33. The van der Waals surface area contributed by atoms with Gasteiger partial charge in [-0.3, -0.25) is 9.78 Å². The minimum absolute atomic E-state index is 0.117. The molecule has 1 aliphatic heterocycles. The second-order valence-electron chi connectivity index (χ2n) is 6.08. The highest BCUT2D eigenvalue weighted by Crippen LogP contribution is 2.37. The van der Waals surface area contributed by atoms with E-state index in [9.17, 15) is 9.90 Å². The smallest absolute Gasteiger partial charge is 0.325 e. The number of hydrogen-bond donors (Lipinski definition) is 3. The van der Waals surface area contributed by atoms with Gasteiger partial charge in [0.2, 0.25) is 5.16 Å². The Hall–Kier alpha value is -2.10. The molecule has 6 nitrogen and oxygen atoms in total. The van der Waals surface area contributed by atoms with E-state index in [0.717, 1.165) is 16.8 Å². The Bertz CT molecular complexity index is 1130. The van der Waals surface area contributed by atoms with E-state index in [1.54, 1.807) is 10.8 Å². The minimum Gasteiger partial charge on any atom is -0.506 e. The van der Waals surface area contributed by atoms with Crippen LogP contribution in [0.4, 0.5) is 5.69 Å². The van der Waals surface area contributed by atoms with E-state index in [-0.39, 0.29) is 11.3 Å². The molecular formula is C19H15Br2N4O2S+. The zero-order valence-electron chi connectivity index (χ0n) is 14.4. The Morgan fingerprint density at radius 2 is 2.00 bits per heavy atom. The van der Waals surface area contributed by atoms with Crippen LogP contribution in [0.1, 0.15) is 11.7 Å². The average molecular weight is 523 g/mol. The Morgan fingerprint density at radius 1 is 1.29 bits per heavy atom. The number of aromatic hydroxyl groups is 1. The van der Waals surface area contributed by atoms with Gasteiger partial charge in [0.15, 0.2) is 0 Å². The second kappa shape index (κ2) is 7.73. The van der Waals surface area contributed by atoms with Gasteiger partial charge in [0.05, 0.1) is 20.2 Å². The maximum atomic E-state index is 12.9. The van der Waals surface area contributed by atoms with Gasteiger partial charge < -0.3 is 10.4 Å². The number of phenols is 1. The highest BCUT2D eigenvalue weighted by atomic mass is 79.9. The number of halogens is 2. The van der Waals surface area contributed by atoms with Crippen molar-refractivity contribution in [2.24, 2.45) is 0 Å². The van der Waals surface area contributed by atoms with Crippen molar-refractivity contribution in [3.8, 4) is 17.0 Å². The van der Waals surface area contributed by atoms with E-state index in [0.29, 0.717) is 25.5 Å². The Morgan fingerprint density at radius 3 is 2.71 bits per heavy atom. The summed E-state index contributed by atoms with van der Waals surface area (Å²) in [5.41, 5.74) is 2.71. The van der Waals surface area contributed by atoms with Crippen LogP contribution < -0.4 is 15.6 Å². The quantitative estimate of drug-likeness (QED) is 0.272. The largest absolute Gasteiger partial charge is 0.506 e. The number of fused-ring (bicyclic) bond motifs is 3. The molecule has 3 aromatic rings. The summed E-state index contributed by atoms with van der Waals surface area (Å²) < 4.78 is 2.79. The number of anilines is 1. The third-order valence-electron chi connectivity index (χ3n) is 4.28. The zero-order valence-corrected chi connectivity index (χ0v) is 18.4. The van der Waals surface area contributed by atoms with Gasteiger partial charge in [-0.1, -0.05) is 30.0 Å². The van der Waals surface area contributed by atoms with Crippen LogP contribution in [0.25, 0.3) is 11.3 Å². The molecule has 0 aliphatic carbocycles. The van der Waals surface area contributed by atoms with E-state index >= 15 is 0 Å². The molecule has 9 heteroatoms. The number of hydrogen-bond acceptors (Lipinski definition) is 5. The summed E-state index contributed by atoms with van der Waals surface area (Å²) >= 11 is 8.16. The molecule has 0 radical (unpaired) electrons. The molecule has 0 saturated carbocycles. The van der Waals surface area contributed by atoms with Crippen LogP contribution in [0.2, 0.25) is 0 Å². The van der Waals surface area contributed by atoms with Crippen molar-refractivity contribution >= 4 is 49.3 Å². The zero-order chi connectivity index (χ0) is 19.8. The summed E-state index contributed by atoms with van der Waals surface area (Å²) in [4.78, 5) is 15.8. The van der Waals surface area contributed by atoms with Crippen molar-refractivity contribution in [3.05, 3.63) is 73.9 Å².